The molecule has 2 aliphatic heterocycles. The van der Waals surface area contributed by atoms with E-state index in [4.69, 9.17) is 9.47 Å². The number of rotatable bonds is 5. The topological polar surface area (TPSA) is 113 Å². The lowest BCUT2D eigenvalue weighted by atomic mass is 9.60. The molecule has 3 aliphatic carbocycles. The van der Waals surface area contributed by atoms with Crippen molar-refractivity contribution in [1.29, 1.82) is 0 Å². The second kappa shape index (κ2) is 11.3. The lowest BCUT2D eigenvalue weighted by molar-refractivity contribution is -0.123. The fourth-order valence-electron chi connectivity index (χ4n) is 7.53. The lowest BCUT2D eigenvalue weighted by Gasteiger charge is -2.41. The van der Waals surface area contributed by atoms with Gasteiger partial charge in [-0.2, -0.15) is 0 Å². The highest BCUT2D eigenvalue weighted by Gasteiger charge is 2.56. The number of phenolic OH excluding ortho intramolecular Hbond substituents is 1. The molecule has 2 fully saturated rings. The molecule has 4 atom stereocenters. The summed E-state index contributed by atoms with van der Waals surface area (Å²) < 4.78 is 10.7. The highest BCUT2D eigenvalue weighted by molar-refractivity contribution is 6.24. The highest BCUT2D eigenvalue weighted by Crippen LogP contribution is 2.53. The van der Waals surface area contributed by atoms with Crippen molar-refractivity contribution in [3.8, 4) is 11.5 Å². The number of anilines is 2. The molecule has 2 saturated heterocycles. The van der Waals surface area contributed by atoms with Crippen molar-refractivity contribution in [3.05, 3.63) is 88.5 Å². The van der Waals surface area contributed by atoms with Gasteiger partial charge in [0.2, 0.25) is 11.8 Å². The van der Waals surface area contributed by atoms with Crippen molar-refractivity contribution < 1.29 is 33.8 Å². The number of ether oxygens (including phenoxy) is 2. The van der Waals surface area contributed by atoms with Gasteiger partial charge in [-0.3, -0.25) is 24.1 Å². The third-order valence-electron chi connectivity index (χ3n) is 9.78. The minimum Gasteiger partial charge on any atom is -0.504 e. The summed E-state index contributed by atoms with van der Waals surface area (Å²) in [6, 6.07) is 12.5. The number of benzene rings is 2. The molecule has 9 heteroatoms. The number of ketones is 2. The summed E-state index contributed by atoms with van der Waals surface area (Å²) in [4.78, 5) is 58.3. The molecule has 2 heterocycles. The molecule has 4 unspecified atom stereocenters. The predicted octanol–water partition coefficient (Wildman–Crippen LogP) is 4.42. The first-order valence-electron chi connectivity index (χ1n) is 15.3. The highest BCUT2D eigenvalue weighted by atomic mass is 16.5. The molecule has 0 radical (unpaired) electrons. The molecule has 5 aliphatic rings. The maximum absolute atomic E-state index is 14.2. The van der Waals surface area contributed by atoms with Crippen LogP contribution in [0.2, 0.25) is 0 Å². The van der Waals surface area contributed by atoms with E-state index in [-0.39, 0.29) is 35.6 Å². The molecule has 0 aromatic heterocycles. The Morgan fingerprint density at radius 3 is 2.42 bits per heavy atom. The molecule has 45 heavy (non-hydrogen) atoms. The Morgan fingerprint density at radius 1 is 0.956 bits per heavy atom. The number of fused-ring (bicyclic) bond motifs is 3. The number of methoxy groups -OCH3 is 1. The second-order valence-corrected chi connectivity index (χ2v) is 12.2. The number of hydrogen-bond acceptors (Lipinski definition) is 8. The van der Waals surface area contributed by atoms with Crippen molar-refractivity contribution in [1.82, 2.24) is 0 Å². The molecule has 7 rings (SSSR count). The van der Waals surface area contributed by atoms with E-state index < -0.39 is 23.7 Å². The van der Waals surface area contributed by atoms with Crippen molar-refractivity contribution >= 4 is 40.8 Å². The largest absolute Gasteiger partial charge is 0.504 e. The Kier molecular flexibility index (Phi) is 7.28. The fourth-order valence-corrected chi connectivity index (χ4v) is 7.53. The van der Waals surface area contributed by atoms with Crippen LogP contribution in [0, 0.1) is 23.7 Å². The number of aromatic hydroxyl groups is 1. The van der Waals surface area contributed by atoms with E-state index in [0.717, 1.165) is 29.9 Å². The Hall–Kier alpha value is -4.76. The van der Waals surface area contributed by atoms with Crippen LogP contribution in [0.5, 0.6) is 11.5 Å². The van der Waals surface area contributed by atoms with Gasteiger partial charge in [-0.1, -0.05) is 29.9 Å². The average molecular weight is 607 g/mol. The molecular weight excluding hydrogens is 572 g/mol. The molecule has 0 bridgehead atoms. The zero-order valence-electron chi connectivity index (χ0n) is 25.2. The lowest BCUT2D eigenvalue weighted by Crippen LogP contribution is -2.40. The average Bonchev–Trinajstić information content (AvgIpc) is 3.32. The number of Topliss-reactive ketones (excluding diaryl/α,β-unsaturated/α-hetero) is 1. The first kappa shape index (κ1) is 29.0. The van der Waals surface area contributed by atoms with Crippen LogP contribution >= 0.6 is 0 Å². The van der Waals surface area contributed by atoms with Crippen LogP contribution in [0.3, 0.4) is 0 Å². The van der Waals surface area contributed by atoms with Gasteiger partial charge in [0.25, 0.3) is 0 Å². The first-order valence-corrected chi connectivity index (χ1v) is 15.3. The third kappa shape index (κ3) is 4.82. The van der Waals surface area contributed by atoms with Crippen LogP contribution < -0.4 is 14.5 Å². The minimum absolute atomic E-state index is 0.0110. The van der Waals surface area contributed by atoms with Crippen LogP contribution in [0.4, 0.5) is 11.4 Å². The van der Waals surface area contributed by atoms with Gasteiger partial charge in [-0.05, 0) is 73.7 Å². The number of imide groups is 1. The smallest absolute Gasteiger partial charge is 0.238 e. The number of carbonyl (C=O) groups excluding carboxylic acids is 4. The predicted molar refractivity (Wildman–Crippen MR) is 168 cm³/mol. The number of phenols is 1. The number of hydrogen-bond donors (Lipinski definition) is 1. The standard InChI is InChI=1S/C36H34N2O7/c1-20-17-30(40)28-19-27-24(25(32(28)34(20)41)9-3-21-4-12-29(39)31(18-21)44-2)10-11-26-33(27)36(43)38(35(26)42)23-7-5-22(6-8-23)37-13-15-45-16-14-37/h3-10,12,17-18,25-27,33,39H,11,13-16,19H2,1-2H3. The summed E-state index contributed by atoms with van der Waals surface area (Å²) in [5, 5.41) is 10.0. The Bertz CT molecular complexity index is 1740. The molecule has 2 aromatic rings. The van der Waals surface area contributed by atoms with Crippen LogP contribution in [0.1, 0.15) is 25.3 Å². The van der Waals surface area contributed by atoms with Crippen LogP contribution in [-0.2, 0) is 23.9 Å². The molecule has 230 valence electrons. The number of amides is 2. The molecule has 2 amide bonds. The number of nitrogens with zero attached hydrogens (tertiary/aromatic N) is 2. The van der Waals surface area contributed by atoms with Gasteiger partial charge in [0.15, 0.2) is 23.1 Å². The SMILES string of the molecule is COc1cc(C=CC2C3=CCC4C(=O)N(c5ccc(N6CCOCC6)cc5)C(=O)C4C3CC3=C2C(=O)C(C)=CC3=O)ccc1O. The Labute approximate surface area is 261 Å². The molecule has 9 nitrogen and oxygen atoms in total. The van der Waals surface area contributed by atoms with E-state index in [1.807, 2.05) is 42.5 Å². The zero-order chi connectivity index (χ0) is 31.4. The van der Waals surface area contributed by atoms with E-state index in [1.54, 1.807) is 19.1 Å². The molecule has 0 saturated carbocycles. The summed E-state index contributed by atoms with van der Waals surface area (Å²) in [7, 11) is 1.47. The van der Waals surface area contributed by atoms with Gasteiger partial charge in [-0.15, -0.1) is 0 Å². The van der Waals surface area contributed by atoms with E-state index >= 15 is 0 Å². The van der Waals surface area contributed by atoms with E-state index in [1.165, 1.54) is 24.2 Å². The van der Waals surface area contributed by atoms with E-state index in [0.29, 0.717) is 47.8 Å². The molecule has 2 aromatic carbocycles. The Balaban J connectivity index is 1.23. The summed E-state index contributed by atoms with van der Waals surface area (Å²) in [6.45, 7) is 4.53. The monoisotopic (exact) mass is 606 g/mol. The maximum atomic E-state index is 14.2. The van der Waals surface area contributed by atoms with E-state index in [2.05, 4.69) is 4.90 Å². The Morgan fingerprint density at radius 2 is 1.69 bits per heavy atom. The van der Waals surface area contributed by atoms with Crippen LogP contribution in [0.25, 0.3) is 6.08 Å². The van der Waals surface area contributed by atoms with Crippen molar-refractivity contribution in [3.63, 3.8) is 0 Å². The first-order chi connectivity index (χ1) is 21.8. The van der Waals surface area contributed by atoms with Gasteiger partial charge in [0, 0.05) is 41.4 Å². The molecule has 0 spiro atoms. The van der Waals surface area contributed by atoms with Crippen LogP contribution in [-0.4, -0.2) is 61.9 Å². The van der Waals surface area contributed by atoms with Gasteiger partial charge >= 0.3 is 0 Å². The summed E-state index contributed by atoms with van der Waals surface area (Å²) in [6.07, 6.45) is 7.71. The number of carbonyl (C=O) groups is 4. The normalized spacial score (nSPS) is 26.5. The van der Waals surface area contributed by atoms with Crippen molar-refractivity contribution in [2.24, 2.45) is 23.7 Å². The summed E-state index contributed by atoms with van der Waals surface area (Å²) >= 11 is 0. The maximum Gasteiger partial charge on any atom is 0.238 e. The van der Waals surface area contributed by atoms with Crippen LogP contribution in [0.15, 0.2) is 83.0 Å². The molecular formula is C36H34N2O7. The fraction of sp³-hybridized carbons (Fsp3) is 0.333. The molecule has 1 N–H and O–H groups in total. The van der Waals surface area contributed by atoms with Gasteiger partial charge in [-0.25, -0.2) is 0 Å². The van der Waals surface area contributed by atoms with Crippen molar-refractivity contribution in [2.45, 2.75) is 19.8 Å². The van der Waals surface area contributed by atoms with Crippen molar-refractivity contribution in [2.75, 3.05) is 43.2 Å². The minimum atomic E-state index is -0.634. The number of morpholine rings is 1. The number of allylic oxidation sites excluding steroid dienone is 7. The van der Waals surface area contributed by atoms with Gasteiger partial charge in [0.05, 0.1) is 37.8 Å². The summed E-state index contributed by atoms with van der Waals surface area (Å²) in [5.74, 6) is -2.69. The quantitative estimate of drug-likeness (QED) is 0.303. The zero-order valence-corrected chi connectivity index (χ0v) is 25.2. The third-order valence-corrected chi connectivity index (χ3v) is 9.78. The van der Waals surface area contributed by atoms with Gasteiger partial charge in [0.1, 0.15) is 0 Å². The van der Waals surface area contributed by atoms with E-state index in [9.17, 15) is 24.3 Å². The second-order valence-electron chi connectivity index (χ2n) is 12.2. The van der Waals surface area contributed by atoms with Gasteiger partial charge < -0.3 is 19.5 Å². The summed E-state index contributed by atoms with van der Waals surface area (Å²) in [5.41, 5.74) is 4.42.